The van der Waals surface area contributed by atoms with Crippen molar-refractivity contribution in [3.05, 3.63) is 28.2 Å². The van der Waals surface area contributed by atoms with Crippen LogP contribution in [0.25, 0.3) is 0 Å². The molecule has 0 bridgehead atoms. The van der Waals surface area contributed by atoms with Crippen LogP contribution in [0.3, 0.4) is 0 Å². The van der Waals surface area contributed by atoms with Gasteiger partial charge >= 0.3 is 0 Å². The highest BCUT2D eigenvalue weighted by molar-refractivity contribution is 9.10. The van der Waals surface area contributed by atoms with E-state index in [9.17, 15) is 4.79 Å². The van der Waals surface area contributed by atoms with Gasteiger partial charge in [-0.15, -0.1) is 0 Å². The molecule has 0 fully saturated rings. The van der Waals surface area contributed by atoms with E-state index in [-0.39, 0.29) is 5.91 Å². The third-order valence-electron chi connectivity index (χ3n) is 2.73. The molecule has 4 heteroatoms. The Labute approximate surface area is 104 Å². The first-order valence-corrected chi connectivity index (χ1v) is 6.08. The van der Waals surface area contributed by atoms with Crippen LogP contribution in [0, 0.1) is 0 Å². The second-order valence-electron chi connectivity index (χ2n) is 4.70. The number of hydrogen-bond donors (Lipinski definition) is 1. The number of rotatable bonds is 1. The average Bonchev–Trinajstić information content (AvgIpc) is 2.57. The molecule has 0 unspecified atom stereocenters. The van der Waals surface area contributed by atoms with Gasteiger partial charge < -0.3 is 10.6 Å². The van der Waals surface area contributed by atoms with Crippen LogP contribution in [0.5, 0.6) is 0 Å². The van der Waals surface area contributed by atoms with Crippen molar-refractivity contribution in [3.63, 3.8) is 0 Å². The lowest BCUT2D eigenvalue weighted by Gasteiger charge is -2.26. The van der Waals surface area contributed by atoms with E-state index in [1.54, 1.807) is 18.7 Å². The third kappa shape index (κ3) is 1.99. The first kappa shape index (κ1) is 11.6. The van der Waals surface area contributed by atoms with Gasteiger partial charge in [0.05, 0.1) is 5.54 Å². The summed E-state index contributed by atoms with van der Waals surface area (Å²) in [6.07, 6.45) is 0.899. The lowest BCUT2D eigenvalue weighted by Crippen LogP contribution is -2.50. The van der Waals surface area contributed by atoms with Crippen molar-refractivity contribution in [3.8, 4) is 0 Å². The van der Waals surface area contributed by atoms with Crippen molar-refractivity contribution < 1.29 is 4.79 Å². The van der Waals surface area contributed by atoms with Gasteiger partial charge in [-0.25, -0.2) is 0 Å². The van der Waals surface area contributed by atoms with Crippen LogP contribution in [0.4, 0.5) is 5.69 Å². The van der Waals surface area contributed by atoms with E-state index in [0.717, 1.165) is 23.1 Å². The average molecular weight is 283 g/mol. The van der Waals surface area contributed by atoms with Gasteiger partial charge in [0, 0.05) is 16.7 Å². The normalized spacial score (nSPS) is 15.1. The molecule has 0 saturated heterocycles. The molecule has 0 saturated carbocycles. The van der Waals surface area contributed by atoms with Crippen molar-refractivity contribution in [2.75, 3.05) is 11.4 Å². The maximum atomic E-state index is 12.1. The van der Waals surface area contributed by atoms with Gasteiger partial charge in [-0.05, 0) is 44.0 Å². The van der Waals surface area contributed by atoms with E-state index in [2.05, 4.69) is 22.0 Å². The summed E-state index contributed by atoms with van der Waals surface area (Å²) in [6, 6.07) is 5.98. The van der Waals surface area contributed by atoms with Crippen molar-refractivity contribution >= 4 is 27.5 Å². The molecule has 1 aromatic carbocycles. The highest BCUT2D eigenvalue weighted by atomic mass is 79.9. The smallest absolute Gasteiger partial charge is 0.246 e. The summed E-state index contributed by atoms with van der Waals surface area (Å²) in [5.74, 6) is -0.0198. The number of carbonyl (C=O) groups is 1. The summed E-state index contributed by atoms with van der Waals surface area (Å²) in [4.78, 5) is 13.9. The number of nitrogens with zero attached hydrogens (tertiary/aromatic N) is 1. The van der Waals surface area contributed by atoms with Crippen molar-refractivity contribution in [2.45, 2.75) is 25.8 Å². The molecule has 0 spiro atoms. The van der Waals surface area contributed by atoms with Crippen LogP contribution in [0.15, 0.2) is 22.7 Å². The van der Waals surface area contributed by atoms with E-state index in [0.29, 0.717) is 0 Å². The van der Waals surface area contributed by atoms with Crippen LogP contribution in [0.1, 0.15) is 19.4 Å². The largest absolute Gasteiger partial charge is 0.318 e. The van der Waals surface area contributed by atoms with Gasteiger partial charge in [-0.1, -0.05) is 15.9 Å². The molecule has 0 atom stereocenters. The standard InChI is InChI=1S/C12H15BrN2O/c1-12(2,14)11(16)15-6-5-8-7-9(13)3-4-10(8)15/h3-4,7H,5-6,14H2,1-2H3. The molecule has 2 rings (SSSR count). The van der Waals surface area contributed by atoms with E-state index in [1.807, 2.05) is 12.1 Å². The molecule has 1 aliphatic heterocycles. The minimum absolute atomic E-state index is 0.0198. The maximum absolute atomic E-state index is 12.1. The van der Waals surface area contributed by atoms with Gasteiger partial charge in [0.1, 0.15) is 0 Å². The van der Waals surface area contributed by atoms with Crippen LogP contribution in [-0.4, -0.2) is 18.0 Å². The van der Waals surface area contributed by atoms with Gasteiger partial charge in [-0.3, -0.25) is 4.79 Å². The summed E-state index contributed by atoms with van der Waals surface area (Å²) in [5, 5.41) is 0. The van der Waals surface area contributed by atoms with Crippen molar-refractivity contribution in [1.82, 2.24) is 0 Å². The Hall–Kier alpha value is -0.870. The predicted octanol–water partition coefficient (Wildman–Crippen LogP) is 2.08. The topological polar surface area (TPSA) is 46.3 Å². The van der Waals surface area contributed by atoms with Gasteiger partial charge in [0.2, 0.25) is 5.91 Å². The molecule has 0 aliphatic carbocycles. The van der Waals surface area contributed by atoms with Crippen molar-refractivity contribution in [2.24, 2.45) is 5.73 Å². The molecule has 0 aromatic heterocycles. The lowest BCUT2D eigenvalue weighted by molar-refractivity contribution is -0.122. The molecule has 1 heterocycles. The molecule has 0 radical (unpaired) electrons. The highest BCUT2D eigenvalue weighted by Gasteiger charge is 2.32. The molecule has 3 nitrogen and oxygen atoms in total. The highest BCUT2D eigenvalue weighted by Crippen LogP contribution is 2.31. The van der Waals surface area contributed by atoms with Gasteiger partial charge in [-0.2, -0.15) is 0 Å². The van der Waals surface area contributed by atoms with Crippen LogP contribution in [-0.2, 0) is 11.2 Å². The quantitative estimate of drug-likeness (QED) is 0.857. The second-order valence-corrected chi connectivity index (χ2v) is 5.62. The van der Waals surface area contributed by atoms with E-state index in [4.69, 9.17) is 5.73 Å². The first-order chi connectivity index (χ1) is 7.39. The van der Waals surface area contributed by atoms with Crippen LogP contribution >= 0.6 is 15.9 Å². The number of benzene rings is 1. The molecule has 1 aliphatic rings. The number of halogens is 1. The summed E-state index contributed by atoms with van der Waals surface area (Å²) < 4.78 is 1.05. The number of nitrogens with two attached hydrogens (primary N) is 1. The monoisotopic (exact) mass is 282 g/mol. The summed E-state index contributed by atoms with van der Waals surface area (Å²) in [6.45, 7) is 4.21. The fraction of sp³-hybridized carbons (Fsp3) is 0.417. The van der Waals surface area contributed by atoms with Gasteiger partial charge in [0.25, 0.3) is 0 Å². The third-order valence-corrected chi connectivity index (χ3v) is 3.23. The number of anilines is 1. The summed E-state index contributed by atoms with van der Waals surface area (Å²) in [7, 11) is 0. The Bertz CT molecular complexity index is 437. The fourth-order valence-corrected chi connectivity index (χ4v) is 2.34. The Morgan fingerprint density at radius 3 is 2.81 bits per heavy atom. The number of hydrogen-bond acceptors (Lipinski definition) is 2. The molecule has 86 valence electrons. The van der Waals surface area contributed by atoms with Crippen LogP contribution in [0.2, 0.25) is 0 Å². The van der Waals surface area contributed by atoms with Crippen LogP contribution < -0.4 is 10.6 Å². The molecule has 1 aromatic rings. The van der Waals surface area contributed by atoms with E-state index >= 15 is 0 Å². The first-order valence-electron chi connectivity index (χ1n) is 5.29. The predicted molar refractivity (Wildman–Crippen MR) is 68.5 cm³/mol. The number of fused-ring (bicyclic) bond motifs is 1. The Morgan fingerprint density at radius 2 is 2.19 bits per heavy atom. The molecular formula is C12H15BrN2O. The molecule has 1 amide bonds. The molecular weight excluding hydrogens is 268 g/mol. The Balaban J connectivity index is 2.34. The fourth-order valence-electron chi connectivity index (χ4n) is 1.93. The summed E-state index contributed by atoms with van der Waals surface area (Å²) >= 11 is 3.43. The Kier molecular flexibility index (Phi) is 2.80. The zero-order chi connectivity index (χ0) is 11.9. The zero-order valence-corrected chi connectivity index (χ0v) is 11.0. The van der Waals surface area contributed by atoms with Gasteiger partial charge in [0.15, 0.2) is 0 Å². The van der Waals surface area contributed by atoms with E-state index < -0.39 is 5.54 Å². The maximum Gasteiger partial charge on any atom is 0.246 e. The number of amides is 1. The number of carbonyl (C=O) groups excluding carboxylic acids is 1. The lowest BCUT2D eigenvalue weighted by atomic mass is 10.1. The molecule has 16 heavy (non-hydrogen) atoms. The molecule has 2 N–H and O–H groups in total. The second kappa shape index (κ2) is 3.86. The minimum atomic E-state index is -0.811. The van der Waals surface area contributed by atoms with Crippen molar-refractivity contribution in [1.29, 1.82) is 0 Å². The Morgan fingerprint density at radius 1 is 1.50 bits per heavy atom. The summed E-state index contributed by atoms with van der Waals surface area (Å²) in [5.41, 5.74) is 7.23. The minimum Gasteiger partial charge on any atom is -0.318 e. The zero-order valence-electron chi connectivity index (χ0n) is 9.46. The van der Waals surface area contributed by atoms with E-state index in [1.165, 1.54) is 5.56 Å². The SMILES string of the molecule is CC(C)(N)C(=O)N1CCc2cc(Br)ccc21.